The van der Waals surface area contributed by atoms with Gasteiger partial charge in [0.1, 0.15) is 11.6 Å². The van der Waals surface area contributed by atoms with Gasteiger partial charge in [-0.05, 0) is 38.7 Å². The van der Waals surface area contributed by atoms with E-state index in [2.05, 4.69) is 29.4 Å². The fourth-order valence-corrected chi connectivity index (χ4v) is 5.16. The summed E-state index contributed by atoms with van der Waals surface area (Å²) in [5.74, 6) is 0.550. The fourth-order valence-electron chi connectivity index (χ4n) is 4.93. The van der Waals surface area contributed by atoms with Crippen LogP contribution in [0.15, 0.2) is 37.0 Å². The van der Waals surface area contributed by atoms with Crippen LogP contribution in [-0.2, 0) is 0 Å². The van der Waals surface area contributed by atoms with E-state index in [9.17, 15) is 4.39 Å². The van der Waals surface area contributed by atoms with Crippen molar-refractivity contribution in [1.29, 1.82) is 0 Å². The maximum absolute atomic E-state index is 14.1. The molecule has 2 aliphatic rings. The van der Waals surface area contributed by atoms with Crippen molar-refractivity contribution in [2.24, 2.45) is 5.73 Å². The molecular weight excluding hydrogens is 427 g/mol. The Morgan fingerprint density at radius 1 is 1.25 bits per heavy atom. The van der Waals surface area contributed by atoms with Crippen LogP contribution in [0.25, 0.3) is 11.3 Å². The van der Waals surface area contributed by atoms with Crippen LogP contribution in [0.5, 0.6) is 0 Å². The quantitative estimate of drug-likeness (QED) is 0.625. The van der Waals surface area contributed by atoms with Gasteiger partial charge in [0.15, 0.2) is 5.65 Å². The lowest BCUT2D eigenvalue weighted by Gasteiger charge is -2.38. The van der Waals surface area contributed by atoms with E-state index in [0.29, 0.717) is 5.56 Å². The second-order valence-corrected chi connectivity index (χ2v) is 9.25. The third-order valence-corrected chi connectivity index (χ3v) is 6.99. The van der Waals surface area contributed by atoms with E-state index >= 15 is 0 Å². The molecular formula is C24H28ClFN6. The van der Waals surface area contributed by atoms with Crippen molar-refractivity contribution in [1.82, 2.24) is 19.5 Å². The van der Waals surface area contributed by atoms with Crippen molar-refractivity contribution in [2.45, 2.75) is 44.7 Å². The summed E-state index contributed by atoms with van der Waals surface area (Å²) in [4.78, 5) is 9.38. The molecule has 168 valence electrons. The first kappa shape index (κ1) is 21.2. The molecule has 5 rings (SSSR count). The van der Waals surface area contributed by atoms with Crippen LogP contribution < -0.4 is 10.6 Å². The maximum Gasteiger partial charge on any atom is 0.157 e. The van der Waals surface area contributed by atoms with E-state index in [1.165, 1.54) is 6.07 Å². The molecule has 0 unspecified atom stereocenters. The number of hydrogen-bond donors (Lipinski definition) is 1. The zero-order chi connectivity index (χ0) is 22.4. The number of aromatic nitrogens is 3. The van der Waals surface area contributed by atoms with E-state index in [1.54, 1.807) is 6.07 Å². The van der Waals surface area contributed by atoms with E-state index in [4.69, 9.17) is 27.4 Å². The first-order valence-electron chi connectivity index (χ1n) is 11.2. The predicted octanol–water partition coefficient (Wildman–Crippen LogP) is 4.57. The summed E-state index contributed by atoms with van der Waals surface area (Å²) in [6.45, 7) is 8.92. The third-order valence-electron chi connectivity index (χ3n) is 6.60. The molecule has 6 nitrogen and oxygen atoms in total. The van der Waals surface area contributed by atoms with Gasteiger partial charge in [0.2, 0.25) is 0 Å². The summed E-state index contributed by atoms with van der Waals surface area (Å²) in [6.07, 6.45) is 6.12. The molecule has 2 aromatic heterocycles. The smallest absolute Gasteiger partial charge is 0.157 e. The number of nitrogens with zero attached hydrogens (tertiary/aromatic N) is 5. The molecule has 2 fully saturated rings. The summed E-state index contributed by atoms with van der Waals surface area (Å²) in [6, 6.07) is 7.16. The van der Waals surface area contributed by atoms with E-state index in [0.717, 1.165) is 73.7 Å². The number of piperidine rings is 1. The van der Waals surface area contributed by atoms with E-state index in [-0.39, 0.29) is 17.1 Å². The molecule has 8 heteroatoms. The first-order chi connectivity index (χ1) is 15.4. The van der Waals surface area contributed by atoms with Crippen LogP contribution in [0.3, 0.4) is 0 Å². The molecule has 1 aromatic carbocycles. The molecule has 0 spiro atoms. The van der Waals surface area contributed by atoms with Crippen LogP contribution >= 0.6 is 11.6 Å². The minimum absolute atomic E-state index is 0.0428. The minimum Gasteiger partial charge on any atom is -0.363 e. The average molecular weight is 455 g/mol. The second kappa shape index (κ2) is 8.37. The number of halogens is 2. The molecule has 2 N–H and O–H groups in total. The number of hydrogen-bond acceptors (Lipinski definition) is 5. The number of rotatable bonds is 4. The van der Waals surface area contributed by atoms with Crippen LogP contribution in [0.2, 0.25) is 5.02 Å². The summed E-state index contributed by atoms with van der Waals surface area (Å²) < 4.78 is 15.9. The van der Waals surface area contributed by atoms with Crippen molar-refractivity contribution in [3.8, 4) is 0 Å². The van der Waals surface area contributed by atoms with Crippen molar-refractivity contribution in [2.75, 3.05) is 24.5 Å². The Morgan fingerprint density at radius 2 is 2.09 bits per heavy atom. The van der Waals surface area contributed by atoms with Gasteiger partial charge in [0.25, 0.3) is 0 Å². The molecule has 0 saturated carbocycles. The highest BCUT2D eigenvalue weighted by Crippen LogP contribution is 2.38. The summed E-state index contributed by atoms with van der Waals surface area (Å²) >= 11 is 6.27. The molecule has 0 bridgehead atoms. The first-order valence-corrected chi connectivity index (χ1v) is 11.6. The summed E-state index contributed by atoms with van der Waals surface area (Å²) in [5, 5.41) is 4.98. The second-order valence-electron chi connectivity index (χ2n) is 8.87. The van der Waals surface area contributed by atoms with Gasteiger partial charge in [-0.25, -0.2) is 13.9 Å². The van der Waals surface area contributed by atoms with Crippen molar-refractivity contribution in [3.05, 3.63) is 64.7 Å². The standard InChI is InChI=1S/C24H28ClFN6/c1-15-13-32-22(28-24(15)30-11-9-17(27)14-30)12-20(29-32)21-8-3-4-10-31(21)16(2)18-6-5-7-19(26)23(18)25/h5-7,12-13,17,21H,2-4,8-11,14,27H2,1H3/t17-,21-/m0/s1. The highest BCUT2D eigenvalue weighted by Gasteiger charge is 2.29. The molecule has 0 aliphatic carbocycles. The van der Waals surface area contributed by atoms with Gasteiger partial charge in [-0.1, -0.05) is 30.3 Å². The highest BCUT2D eigenvalue weighted by atomic mass is 35.5. The zero-order valence-corrected chi connectivity index (χ0v) is 19.0. The molecule has 2 atom stereocenters. The van der Waals surface area contributed by atoms with Gasteiger partial charge in [-0.3, -0.25) is 0 Å². The summed E-state index contributed by atoms with van der Waals surface area (Å²) in [7, 11) is 0. The predicted molar refractivity (Wildman–Crippen MR) is 126 cm³/mol. The zero-order valence-electron chi connectivity index (χ0n) is 18.3. The number of likely N-dealkylation sites (tertiary alicyclic amines) is 1. The molecule has 2 saturated heterocycles. The Kier molecular flexibility index (Phi) is 5.55. The lowest BCUT2D eigenvalue weighted by atomic mass is 9.97. The number of fused-ring (bicyclic) bond motifs is 1. The van der Waals surface area contributed by atoms with E-state index in [1.807, 2.05) is 16.8 Å². The Hall–Kier alpha value is -2.64. The van der Waals surface area contributed by atoms with Gasteiger partial charge in [-0.2, -0.15) is 5.10 Å². The molecule has 0 amide bonds. The van der Waals surface area contributed by atoms with Crippen LogP contribution in [0.4, 0.5) is 10.2 Å². The van der Waals surface area contributed by atoms with Gasteiger partial charge in [0, 0.05) is 54.8 Å². The van der Waals surface area contributed by atoms with Crippen molar-refractivity contribution >= 4 is 28.8 Å². The normalized spacial score (nSPS) is 21.5. The van der Waals surface area contributed by atoms with Crippen molar-refractivity contribution < 1.29 is 4.39 Å². The molecule has 2 aliphatic heterocycles. The average Bonchev–Trinajstić information content (AvgIpc) is 3.40. The summed E-state index contributed by atoms with van der Waals surface area (Å²) in [5.41, 5.74) is 10.3. The molecule has 4 heterocycles. The number of aryl methyl sites for hydroxylation is 1. The van der Waals surface area contributed by atoms with Gasteiger partial charge >= 0.3 is 0 Å². The maximum atomic E-state index is 14.1. The van der Waals surface area contributed by atoms with Gasteiger partial charge in [0.05, 0.1) is 16.8 Å². The molecule has 32 heavy (non-hydrogen) atoms. The SMILES string of the molecule is C=C(c1cccc(F)c1Cl)N1CCCC[C@H]1c1cc2nc(N3CC[C@H](N)C3)c(C)cn2n1. The van der Waals surface area contributed by atoms with Crippen LogP contribution in [0, 0.1) is 12.7 Å². The Labute approximate surface area is 192 Å². The number of anilines is 1. The fraction of sp³-hybridized carbons (Fsp3) is 0.417. The third kappa shape index (κ3) is 3.73. The minimum atomic E-state index is -0.430. The number of benzene rings is 1. The van der Waals surface area contributed by atoms with Gasteiger partial charge < -0.3 is 15.5 Å². The topological polar surface area (TPSA) is 62.7 Å². The molecule has 0 radical (unpaired) electrons. The van der Waals surface area contributed by atoms with Crippen LogP contribution in [-0.4, -0.2) is 45.2 Å². The lowest BCUT2D eigenvalue weighted by molar-refractivity contribution is 0.226. The Bertz CT molecular complexity index is 1170. The van der Waals surface area contributed by atoms with Gasteiger partial charge in [-0.15, -0.1) is 0 Å². The van der Waals surface area contributed by atoms with Crippen molar-refractivity contribution in [3.63, 3.8) is 0 Å². The lowest BCUT2D eigenvalue weighted by Crippen LogP contribution is -2.32. The van der Waals surface area contributed by atoms with E-state index < -0.39 is 5.82 Å². The number of nitrogens with two attached hydrogens (primary N) is 1. The van der Waals surface area contributed by atoms with Crippen LogP contribution in [0.1, 0.15) is 48.5 Å². The largest absolute Gasteiger partial charge is 0.363 e. The Balaban J connectivity index is 1.48. The monoisotopic (exact) mass is 454 g/mol. The Morgan fingerprint density at radius 3 is 2.88 bits per heavy atom. The molecule has 3 aromatic rings. The highest BCUT2D eigenvalue weighted by molar-refractivity contribution is 6.32.